The van der Waals surface area contributed by atoms with Gasteiger partial charge in [-0.1, -0.05) is 0 Å². The van der Waals surface area contributed by atoms with E-state index in [1.165, 1.54) is 0 Å². The Labute approximate surface area is 107 Å². The van der Waals surface area contributed by atoms with E-state index in [1.807, 2.05) is 0 Å². The molecule has 0 saturated carbocycles. The first-order valence-corrected chi connectivity index (χ1v) is 4.81. The number of rotatable bonds is 4. The molecule has 0 saturated heterocycles. The van der Waals surface area contributed by atoms with Gasteiger partial charge in [0, 0.05) is 6.07 Å². The number of benzene rings is 1. The molecule has 0 aliphatic carbocycles. The SMILES string of the molecule is O=[N+]([O-])c1cc(C(F)(F)F)ccc1NOCC(F)(F)F. The molecule has 0 radical (unpaired) electrons. The molecule has 1 aromatic carbocycles. The summed E-state index contributed by atoms with van der Waals surface area (Å²) in [6.07, 6.45) is -9.50. The van der Waals surface area contributed by atoms with Crippen molar-refractivity contribution in [2.24, 2.45) is 0 Å². The second-order valence-electron chi connectivity index (χ2n) is 3.49. The van der Waals surface area contributed by atoms with Crippen LogP contribution in [0.5, 0.6) is 0 Å². The lowest BCUT2D eigenvalue weighted by Crippen LogP contribution is -2.20. The van der Waals surface area contributed by atoms with E-state index in [2.05, 4.69) is 4.84 Å². The van der Waals surface area contributed by atoms with Crippen molar-refractivity contribution in [2.75, 3.05) is 12.1 Å². The second kappa shape index (κ2) is 5.53. The lowest BCUT2D eigenvalue weighted by molar-refractivity contribution is -0.384. The molecule has 0 amide bonds. The van der Waals surface area contributed by atoms with Crippen LogP contribution in [0, 0.1) is 10.1 Å². The number of anilines is 1. The summed E-state index contributed by atoms with van der Waals surface area (Å²) in [6.45, 7) is -1.76. The molecule has 1 aromatic rings. The van der Waals surface area contributed by atoms with Crippen molar-refractivity contribution in [3.8, 4) is 0 Å². The minimum atomic E-state index is -4.81. The smallest absolute Gasteiger partial charge is 0.266 e. The van der Waals surface area contributed by atoms with Crippen LogP contribution in [0.3, 0.4) is 0 Å². The van der Waals surface area contributed by atoms with E-state index in [0.29, 0.717) is 12.1 Å². The number of nitro benzene ring substituents is 1. The first kappa shape index (κ1) is 16.0. The molecule has 112 valence electrons. The van der Waals surface area contributed by atoms with E-state index in [-0.39, 0.29) is 6.07 Å². The highest BCUT2D eigenvalue weighted by atomic mass is 19.4. The van der Waals surface area contributed by atoms with E-state index >= 15 is 0 Å². The van der Waals surface area contributed by atoms with Crippen molar-refractivity contribution in [1.82, 2.24) is 0 Å². The molecule has 20 heavy (non-hydrogen) atoms. The van der Waals surface area contributed by atoms with Gasteiger partial charge in [0.15, 0.2) is 6.61 Å². The number of nitrogens with zero attached hydrogens (tertiary/aromatic N) is 1. The summed E-state index contributed by atoms with van der Waals surface area (Å²) in [4.78, 5) is 13.3. The van der Waals surface area contributed by atoms with Crippen molar-refractivity contribution < 1.29 is 36.1 Å². The van der Waals surface area contributed by atoms with E-state index in [4.69, 9.17) is 0 Å². The summed E-state index contributed by atoms with van der Waals surface area (Å²) >= 11 is 0. The fraction of sp³-hybridized carbons (Fsp3) is 0.333. The Kier molecular flexibility index (Phi) is 4.43. The van der Waals surface area contributed by atoms with Crippen molar-refractivity contribution in [1.29, 1.82) is 0 Å². The highest BCUT2D eigenvalue weighted by Gasteiger charge is 2.33. The maximum atomic E-state index is 12.3. The van der Waals surface area contributed by atoms with Gasteiger partial charge in [-0.3, -0.25) is 20.4 Å². The normalized spacial score (nSPS) is 12.3. The molecule has 1 N–H and O–H groups in total. The standard InChI is InChI=1S/C9H6F6N2O3/c10-8(11,12)4-20-16-6-2-1-5(9(13,14)15)3-7(6)17(18)19/h1-3,16H,4H2. The third-order valence-electron chi connectivity index (χ3n) is 1.94. The molecule has 1 rings (SSSR count). The molecule has 0 atom stereocenters. The van der Waals surface area contributed by atoms with E-state index in [9.17, 15) is 36.5 Å². The lowest BCUT2D eigenvalue weighted by Gasteiger charge is -2.11. The van der Waals surface area contributed by atoms with Crippen LogP contribution in [0.1, 0.15) is 5.56 Å². The Balaban J connectivity index is 2.94. The minimum absolute atomic E-state index is 0.194. The molecule has 0 spiro atoms. The maximum Gasteiger partial charge on any atom is 0.416 e. The van der Waals surface area contributed by atoms with Gasteiger partial charge in [0.05, 0.1) is 10.5 Å². The van der Waals surface area contributed by atoms with Crippen LogP contribution in [-0.2, 0) is 11.0 Å². The molecular weight excluding hydrogens is 298 g/mol. The van der Waals surface area contributed by atoms with E-state index < -0.39 is 40.8 Å². The first-order chi connectivity index (χ1) is 9.00. The fourth-order valence-electron chi connectivity index (χ4n) is 1.14. The average Bonchev–Trinajstić information content (AvgIpc) is 2.25. The number of halogens is 6. The summed E-state index contributed by atoms with van der Waals surface area (Å²) in [5.41, 5.74) is -1.37. The Hall–Kier alpha value is -2.04. The van der Waals surface area contributed by atoms with Crippen LogP contribution < -0.4 is 5.48 Å². The van der Waals surface area contributed by atoms with Gasteiger partial charge in [0.1, 0.15) is 5.69 Å². The van der Waals surface area contributed by atoms with Gasteiger partial charge in [-0.25, -0.2) is 0 Å². The van der Waals surface area contributed by atoms with Gasteiger partial charge < -0.3 is 0 Å². The number of nitrogens with one attached hydrogen (secondary N) is 1. The first-order valence-electron chi connectivity index (χ1n) is 4.81. The molecular formula is C9H6F6N2O3. The summed E-state index contributed by atoms with van der Waals surface area (Å²) in [6, 6.07) is 1.28. The van der Waals surface area contributed by atoms with Crippen LogP contribution in [0.15, 0.2) is 18.2 Å². The quantitative estimate of drug-likeness (QED) is 0.525. The molecule has 0 unspecified atom stereocenters. The third-order valence-corrected chi connectivity index (χ3v) is 1.94. The molecule has 11 heteroatoms. The van der Waals surface area contributed by atoms with E-state index in [0.717, 1.165) is 0 Å². The Morgan fingerprint density at radius 2 is 1.80 bits per heavy atom. The van der Waals surface area contributed by atoms with Crippen LogP contribution >= 0.6 is 0 Å². The predicted octanol–water partition coefficient (Wildman–Crippen LogP) is 3.52. The Morgan fingerprint density at radius 1 is 1.20 bits per heavy atom. The van der Waals surface area contributed by atoms with Gasteiger partial charge in [0.25, 0.3) is 5.69 Å². The Bertz CT molecular complexity index is 499. The molecule has 5 nitrogen and oxygen atoms in total. The van der Waals surface area contributed by atoms with Crippen molar-refractivity contribution in [2.45, 2.75) is 12.4 Å². The highest BCUT2D eigenvalue weighted by molar-refractivity contribution is 5.61. The summed E-state index contributed by atoms with van der Waals surface area (Å²) in [5, 5.41) is 10.6. The van der Waals surface area contributed by atoms with Gasteiger partial charge in [-0.15, -0.1) is 0 Å². The zero-order valence-corrected chi connectivity index (χ0v) is 9.38. The van der Waals surface area contributed by atoms with Crippen LogP contribution in [0.4, 0.5) is 37.7 Å². The zero-order valence-electron chi connectivity index (χ0n) is 9.38. The largest absolute Gasteiger partial charge is 0.416 e. The number of nitro groups is 1. The minimum Gasteiger partial charge on any atom is -0.266 e. The van der Waals surface area contributed by atoms with Crippen molar-refractivity contribution in [3.05, 3.63) is 33.9 Å². The van der Waals surface area contributed by atoms with Gasteiger partial charge in [0.2, 0.25) is 0 Å². The summed E-state index contributed by atoms with van der Waals surface area (Å²) < 4.78 is 72.4. The molecule has 0 heterocycles. The topological polar surface area (TPSA) is 64.4 Å². The Morgan fingerprint density at radius 3 is 2.25 bits per heavy atom. The third kappa shape index (κ3) is 4.57. The van der Waals surface area contributed by atoms with Crippen molar-refractivity contribution >= 4 is 11.4 Å². The van der Waals surface area contributed by atoms with Gasteiger partial charge in [-0.05, 0) is 12.1 Å². The highest BCUT2D eigenvalue weighted by Crippen LogP contribution is 2.35. The average molecular weight is 304 g/mol. The number of hydrogen-bond acceptors (Lipinski definition) is 4. The van der Waals surface area contributed by atoms with Crippen LogP contribution in [0.2, 0.25) is 0 Å². The lowest BCUT2D eigenvalue weighted by atomic mass is 10.1. The fourth-order valence-corrected chi connectivity index (χ4v) is 1.14. The monoisotopic (exact) mass is 304 g/mol. The molecule has 0 bridgehead atoms. The van der Waals surface area contributed by atoms with Gasteiger partial charge in [-0.2, -0.15) is 26.3 Å². The number of alkyl halides is 6. The molecule has 0 aliphatic rings. The molecule has 0 fully saturated rings. The summed E-state index contributed by atoms with van der Waals surface area (Å²) in [5.74, 6) is 0. The predicted molar refractivity (Wildman–Crippen MR) is 53.7 cm³/mol. The zero-order chi connectivity index (χ0) is 15.6. The van der Waals surface area contributed by atoms with Gasteiger partial charge >= 0.3 is 12.4 Å². The second-order valence-corrected chi connectivity index (χ2v) is 3.49. The number of hydrogen-bond donors (Lipinski definition) is 1. The van der Waals surface area contributed by atoms with E-state index in [1.54, 1.807) is 5.48 Å². The molecule has 0 aromatic heterocycles. The van der Waals surface area contributed by atoms with Crippen molar-refractivity contribution in [3.63, 3.8) is 0 Å². The molecule has 0 aliphatic heterocycles. The van der Waals surface area contributed by atoms with Crippen LogP contribution in [0.25, 0.3) is 0 Å². The van der Waals surface area contributed by atoms with Crippen LogP contribution in [-0.4, -0.2) is 17.7 Å². The summed E-state index contributed by atoms with van der Waals surface area (Å²) in [7, 11) is 0. The maximum absolute atomic E-state index is 12.3.